The van der Waals surface area contributed by atoms with Gasteiger partial charge in [-0.05, 0) is 60.9 Å². The maximum atomic E-state index is 12.0. The zero-order valence-electron chi connectivity index (χ0n) is 23.8. The first-order chi connectivity index (χ1) is 20.5. The smallest absolute Gasteiger partial charge is 0.170 e. The van der Waals surface area contributed by atoms with Crippen LogP contribution in [0.1, 0.15) is 30.5 Å². The normalized spacial score (nSPS) is 12.4. The molecule has 0 aliphatic rings. The highest BCUT2D eigenvalue weighted by Crippen LogP contribution is 2.44. The van der Waals surface area contributed by atoms with Gasteiger partial charge in [-0.1, -0.05) is 91.0 Å². The van der Waals surface area contributed by atoms with Crippen molar-refractivity contribution in [1.82, 2.24) is 14.8 Å². The summed E-state index contributed by atoms with van der Waals surface area (Å²) >= 11 is -1.26. The van der Waals surface area contributed by atoms with E-state index < -0.39 is 16.9 Å². The van der Waals surface area contributed by atoms with E-state index in [2.05, 4.69) is 99.3 Å². The van der Waals surface area contributed by atoms with Gasteiger partial charge in [0.25, 0.3) is 0 Å². The lowest BCUT2D eigenvalue weighted by atomic mass is 9.77. The van der Waals surface area contributed by atoms with Gasteiger partial charge in [-0.3, -0.25) is 0 Å². The van der Waals surface area contributed by atoms with Crippen molar-refractivity contribution in [2.45, 2.75) is 25.5 Å². The third-order valence-corrected chi connectivity index (χ3v) is 7.69. The van der Waals surface area contributed by atoms with E-state index in [-0.39, 0.29) is 6.10 Å². The first kappa shape index (κ1) is 27.6. The van der Waals surface area contributed by atoms with Crippen molar-refractivity contribution in [3.63, 3.8) is 0 Å². The summed E-state index contributed by atoms with van der Waals surface area (Å²) < 4.78 is 23.1. The van der Waals surface area contributed by atoms with Crippen LogP contribution in [0.15, 0.2) is 128 Å². The SMILES string of the molecule is CC(C)Oc1ccc2c(c1)c(-c1ccnc(N[S+](C)[O-])c1)nn2C(c1ccccc1)(c1ccccc1)c1ccccc1. The van der Waals surface area contributed by atoms with Gasteiger partial charge in [0.1, 0.15) is 23.2 Å². The van der Waals surface area contributed by atoms with Crippen LogP contribution in [-0.2, 0) is 16.9 Å². The highest BCUT2D eigenvalue weighted by Gasteiger charge is 2.41. The van der Waals surface area contributed by atoms with Gasteiger partial charge in [-0.15, -0.1) is 0 Å². The van der Waals surface area contributed by atoms with Crippen molar-refractivity contribution < 1.29 is 9.29 Å². The summed E-state index contributed by atoms with van der Waals surface area (Å²) in [5.41, 5.74) is 5.03. The van der Waals surface area contributed by atoms with E-state index in [1.807, 2.05) is 50.2 Å². The van der Waals surface area contributed by atoms with E-state index in [0.29, 0.717) is 5.82 Å². The van der Waals surface area contributed by atoms with Crippen LogP contribution in [-0.4, -0.2) is 31.7 Å². The fraction of sp³-hybridized carbons (Fsp3) is 0.143. The van der Waals surface area contributed by atoms with Gasteiger partial charge in [0.05, 0.1) is 23.0 Å². The van der Waals surface area contributed by atoms with E-state index in [1.165, 1.54) is 0 Å². The molecule has 0 saturated heterocycles. The predicted octanol–water partition coefficient (Wildman–Crippen LogP) is 7.43. The number of fused-ring (bicyclic) bond motifs is 1. The van der Waals surface area contributed by atoms with Crippen LogP contribution in [0.4, 0.5) is 5.82 Å². The Hall–Kier alpha value is -4.59. The number of ether oxygens (including phenoxy) is 1. The molecule has 0 saturated carbocycles. The second-order valence-electron chi connectivity index (χ2n) is 10.4. The molecule has 1 unspecified atom stereocenters. The number of hydrogen-bond acceptors (Lipinski definition) is 5. The first-order valence-corrected chi connectivity index (χ1v) is 15.5. The van der Waals surface area contributed by atoms with Crippen LogP contribution in [0.5, 0.6) is 5.75 Å². The highest BCUT2D eigenvalue weighted by molar-refractivity contribution is 7.92. The quantitative estimate of drug-likeness (QED) is 0.144. The Balaban J connectivity index is 1.72. The number of rotatable bonds is 9. The van der Waals surface area contributed by atoms with Gasteiger partial charge in [-0.25, -0.2) is 9.67 Å². The van der Waals surface area contributed by atoms with Crippen molar-refractivity contribution in [3.05, 3.63) is 144 Å². The van der Waals surface area contributed by atoms with Crippen molar-refractivity contribution >= 4 is 28.1 Å². The average molecular weight is 573 g/mol. The molecule has 7 heteroatoms. The molecular weight excluding hydrogens is 540 g/mol. The third-order valence-electron chi connectivity index (χ3n) is 7.20. The summed E-state index contributed by atoms with van der Waals surface area (Å²) in [6, 6.07) is 41.5. The molecule has 4 aromatic carbocycles. The van der Waals surface area contributed by atoms with Crippen LogP contribution in [0.2, 0.25) is 0 Å². The molecule has 2 aromatic heterocycles. The van der Waals surface area contributed by atoms with Crippen LogP contribution >= 0.6 is 0 Å². The molecule has 2 heterocycles. The minimum atomic E-state index is -1.26. The van der Waals surface area contributed by atoms with Crippen LogP contribution < -0.4 is 9.46 Å². The van der Waals surface area contributed by atoms with Gasteiger partial charge >= 0.3 is 0 Å². The first-order valence-electron chi connectivity index (χ1n) is 13.9. The van der Waals surface area contributed by atoms with Crippen LogP contribution in [0.3, 0.4) is 0 Å². The maximum Gasteiger partial charge on any atom is 0.170 e. The van der Waals surface area contributed by atoms with E-state index >= 15 is 0 Å². The monoisotopic (exact) mass is 572 g/mol. The van der Waals surface area contributed by atoms with E-state index in [4.69, 9.17) is 9.84 Å². The van der Waals surface area contributed by atoms with Crippen molar-refractivity contribution in [1.29, 1.82) is 0 Å². The second kappa shape index (κ2) is 11.7. The number of pyridine rings is 1. The number of hydrogen-bond donors (Lipinski definition) is 1. The summed E-state index contributed by atoms with van der Waals surface area (Å²) in [6.45, 7) is 4.04. The Bertz CT molecular complexity index is 1690. The molecule has 0 aliphatic carbocycles. The molecule has 0 fully saturated rings. The van der Waals surface area contributed by atoms with E-state index in [9.17, 15) is 4.55 Å². The summed E-state index contributed by atoms with van der Waals surface area (Å²) in [4.78, 5) is 4.38. The number of nitrogens with one attached hydrogen (secondary N) is 1. The van der Waals surface area contributed by atoms with Crippen molar-refractivity contribution in [2.24, 2.45) is 0 Å². The molecule has 6 aromatic rings. The number of benzene rings is 4. The van der Waals surface area contributed by atoms with Crippen LogP contribution in [0, 0.1) is 0 Å². The molecule has 6 nitrogen and oxygen atoms in total. The van der Waals surface area contributed by atoms with Gasteiger partial charge in [0.15, 0.2) is 5.82 Å². The average Bonchev–Trinajstić information content (AvgIpc) is 3.38. The summed E-state index contributed by atoms with van der Waals surface area (Å²) in [5.74, 6) is 1.29. The van der Waals surface area contributed by atoms with Gasteiger partial charge in [-0.2, -0.15) is 9.82 Å². The Morgan fingerprint density at radius 1 is 0.786 bits per heavy atom. The van der Waals surface area contributed by atoms with Gasteiger partial charge in [0.2, 0.25) is 0 Å². The molecule has 0 aliphatic heterocycles. The Morgan fingerprint density at radius 3 is 1.88 bits per heavy atom. The Labute approximate surface area is 249 Å². The van der Waals surface area contributed by atoms with Crippen molar-refractivity contribution in [2.75, 3.05) is 11.0 Å². The Kier molecular flexibility index (Phi) is 7.69. The molecule has 1 N–H and O–H groups in total. The number of aromatic nitrogens is 3. The molecule has 210 valence electrons. The number of nitrogens with zero attached hydrogens (tertiary/aromatic N) is 3. The molecule has 0 amide bonds. The lowest BCUT2D eigenvalue weighted by Gasteiger charge is -2.37. The lowest BCUT2D eigenvalue weighted by molar-refractivity contribution is 0.243. The van der Waals surface area contributed by atoms with Gasteiger partial charge < -0.3 is 9.29 Å². The molecule has 42 heavy (non-hydrogen) atoms. The van der Waals surface area contributed by atoms with Crippen LogP contribution in [0.25, 0.3) is 22.2 Å². The highest BCUT2D eigenvalue weighted by atomic mass is 32.2. The summed E-state index contributed by atoms with van der Waals surface area (Å²) in [5, 5.41) is 6.37. The zero-order chi connectivity index (χ0) is 29.1. The van der Waals surface area contributed by atoms with Crippen molar-refractivity contribution in [3.8, 4) is 17.0 Å². The lowest BCUT2D eigenvalue weighted by Crippen LogP contribution is -2.38. The van der Waals surface area contributed by atoms with E-state index in [0.717, 1.165) is 44.6 Å². The summed E-state index contributed by atoms with van der Waals surface area (Å²) in [6.07, 6.45) is 3.32. The summed E-state index contributed by atoms with van der Waals surface area (Å²) in [7, 11) is 0. The fourth-order valence-electron chi connectivity index (χ4n) is 5.60. The molecule has 1 atom stereocenters. The minimum Gasteiger partial charge on any atom is -0.593 e. The molecular formula is C35H32N4O2S. The zero-order valence-corrected chi connectivity index (χ0v) is 24.6. The standard InChI is InChI=1S/C35H32N4O2S/c1-25(2)41-30-19-20-32-31(24-30)34(26-21-22-36-33(23-26)38-42(3)40)37-39(32)35(27-13-7-4-8-14-27,28-15-9-5-10-16-28)29-17-11-6-12-18-29/h4-25H,1-3H3,(H,36,38). The molecule has 0 radical (unpaired) electrons. The third kappa shape index (κ3) is 5.13. The predicted molar refractivity (Wildman–Crippen MR) is 171 cm³/mol. The van der Waals surface area contributed by atoms with E-state index in [1.54, 1.807) is 12.5 Å². The number of anilines is 1. The molecule has 0 spiro atoms. The minimum absolute atomic E-state index is 0.0225. The molecule has 0 bridgehead atoms. The molecule has 6 rings (SSSR count). The second-order valence-corrected chi connectivity index (χ2v) is 11.5. The van der Waals surface area contributed by atoms with Gasteiger partial charge in [0, 0.05) is 17.1 Å². The topological polar surface area (TPSA) is 75.0 Å². The Morgan fingerprint density at radius 2 is 1.36 bits per heavy atom. The fourth-order valence-corrected chi connectivity index (χ4v) is 6.00. The maximum absolute atomic E-state index is 12.0. The largest absolute Gasteiger partial charge is 0.593 e.